The summed E-state index contributed by atoms with van der Waals surface area (Å²) in [5.74, 6) is -0.180. The van der Waals surface area contributed by atoms with Crippen molar-refractivity contribution in [3.05, 3.63) is 17.5 Å². The maximum atomic E-state index is 11.2. The molecule has 0 saturated heterocycles. The predicted octanol–water partition coefficient (Wildman–Crippen LogP) is -0.574. The second-order valence-corrected chi connectivity index (χ2v) is 2.81. The third-order valence-electron chi connectivity index (χ3n) is 1.82. The highest BCUT2D eigenvalue weighted by Gasteiger charge is 2.24. The summed E-state index contributed by atoms with van der Waals surface area (Å²) in [5, 5.41) is 15.9. The van der Waals surface area contributed by atoms with Crippen LogP contribution in [0.4, 0.5) is 0 Å². The summed E-state index contributed by atoms with van der Waals surface area (Å²) in [7, 11) is 0. The Balaban J connectivity index is 2.54. The van der Waals surface area contributed by atoms with Crippen molar-refractivity contribution >= 4 is 5.91 Å². The number of fused-ring (bicyclic) bond motifs is 1. The highest BCUT2D eigenvalue weighted by molar-refractivity contribution is 5.93. The summed E-state index contributed by atoms with van der Waals surface area (Å²) in [6.45, 7) is 2.01. The molecular weight excluding hydrogens is 158 g/mol. The molecule has 0 spiro atoms. The SMILES string of the molecule is Cc1cc2n(n1)[C@H](O)CNC2=O. The first-order chi connectivity index (χ1) is 5.68. The highest BCUT2D eigenvalue weighted by Crippen LogP contribution is 2.12. The van der Waals surface area contributed by atoms with Crippen molar-refractivity contribution < 1.29 is 9.90 Å². The molecule has 0 unspecified atom stereocenters. The van der Waals surface area contributed by atoms with Crippen molar-refractivity contribution in [1.29, 1.82) is 0 Å². The minimum Gasteiger partial charge on any atom is -0.370 e. The van der Waals surface area contributed by atoms with Gasteiger partial charge in [0.05, 0.1) is 12.2 Å². The molecule has 0 radical (unpaired) electrons. The van der Waals surface area contributed by atoms with Gasteiger partial charge in [-0.1, -0.05) is 0 Å². The number of aliphatic hydroxyl groups excluding tert-OH is 1. The van der Waals surface area contributed by atoms with Gasteiger partial charge in [0, 0.05) is 0 Å². The van der Waals surface area contributed by atoms with E-state index in [4.69, 9.17) is 0 Å². The third-order valence-corrected chi connectivity index (χ3v) is 1.82. The van der Waals surface area contributed by atoms with E-state index < -0.39 is 6.23 Å². The van der Waals surface area contributed by atoms with Gasteiger partial charge in [-0.05, 0) is 13.0 Å². The molecule has 2 rings (SSSR count). The van der Waals surface area contributed by atoms with Gasteiger partial charge >= 0.3 is 0 Å². The zero-order valence-corrected chi connectivity index (χ0v) is 6.61. The maximum absolute atomic E-state index is 11.2. The summed E-state index contributed by atoms with van der Waals surface area (Å²) in [4.78, 5) is 11.2. The standard InChI is InChI=1S/C7H9N3O2/c1-4-2-5-7(12)8-3-6(11)10(5)9-4/h2,6,11H,3H2,1H3,(H,8,12)/t6-/m1/s1. The molecule has 12 heavy (non-hydrogen) atoms. The molecule has 1 amide bonds. The van der Waals surface area contributed by atoms with Gasteiger partial charge in [-0.3, -0.25) is 4.79 Å². The van der Waals surface area contributed by atoms with E-state index in [9.17, 15) is 9.90 Å². The van der Waals surface area contributed by atoms with E-state index in [0.29, 0.717) is 5.69 Å². The van der Waals surface area contributed by atoms with Crippen LogP contribution in [-0.2, 0) is 0 Å². The molecule has 5 heteroatoms. The Bertz CT molecular complexity index is 331. The fourth-order valence-electron chi connectivity index (χ4n) is 1.27. The van der Waals surface area contributed by atoms with Crippen LogP contribution in [0.1, 0.15) is 22.4 Å². The quantitative estimate of drug-likeness (QED) is 0.543. The molecule has 2 heterocycles. The van der Waals surface area contributed by atoms with Crippen LogP contribution in [0, 0.1) is 6.92 Å². The Kier molecular flexibility index (Phi) is 1.41. The van der Waals surface area contributed by atoms with Crippen LogP contribution in [0.2, 0.25) is 0 Å². The maximum Gasteiger partial charge on any atom is 0.269 e. The van der Waals surface area contributed by atoms with Gasteiger partial charge < -0.3 is 10.4 Å². The van der Waals surface area contributed by atoms with E-state index in [1.165, 1.54) is 4.68 Å². The lowest BCUT2D eigenvalue weighted by molar-refractivity contribution is 0.0591. The summed E-state index contributed by atoms with van der Waals surface area (Å²) in [6.07, 6.45) is -0.730. The number of amides is 1. The van der Waals surface area contributed by atoms with Crippen LogP contribution in [0.5, 0.6) is 0 Å². The van der Waals surface area contributed by atoms with E-state index in [1.54, 1.807) is 13.0 Å². The zero-order chi connectivity index (χ0) is 8.72. The number of aromatic nitrogens is 2. The summed E-state index contributed by atoms with van der Waals surface area (Å²) in [6, 6.07) is 1.65. The normalized spacial score (nSPS) is 21.8. The van der Waals surface area contributed by atoms with Gasteiger partial charge in [-0.2, -0.15) is 5.10 Å². The number of rotatable bonds is 0. The van der Waals surface area contributed by atoms with Crippen LogP contribution in [-0.4, -0.2) is 27.3 Å². The number of β-amino-alcohol motifs (C(OH)–C–C–N with tert-alkyl or cyclic N) is 1. The Hall–Kier alpha value is -1.36. The number of carbonyl (C=O) groups excluding carboxylic acids is 1. The van der Waals surface area contributed by atoms with Crippen molar-refractivity contribution in [1.82, 2.24) is 15.1 Å². The van der Waals surface area contributed by atoms with Gasteiger partial charge in [0.2, 0.25) is 0 Å². The minimum absolute atomic E-state index is 0.180. The van der Waals surface area contributed by atoms with Crippen molar-refractivity contribution in [2.24, 2.45) is 0 Å². The minimum atomic E-state index is -0.730. The first-order valence-electron chi connectivity index (χ1n) is 3.71. The molecule has 1 aliphatic rings. The molecule has 0 aromatic carbocycles. The average Bonchev–Trinajstić information content (AvgIpc) is 2.41. The number of hydrogen-bond donors (Lipinski definition) is 2. The number of nitrogens with one attached hydrogen (secondary N) is 1. The number of carbonyl (C=O) groups is 1. The molecule has 2 N–H and O–H groups in total. The summed E-state index contributed by atoms with van der Waals surface area (Å²) < 4.78 is 1.34. The fourth-order valence-corrected chi connectivity index (χ4v) is 1.27. The van der Waals surface area contributed by atoms with Crippen LogP contribution in [0.25, 0.3) is 0 Å². The van der Waals surface area contributed by atoms with E-state index >= 15 is 0 Å². The van der Waals surface area contributed by atoms with Gasteiger partial charge in [-0.25, -0.2) is 4.68 Å². The van der Waals surface area contributed by atoms with E-state index in [-0.39, 0.29) is 12.5 Å². The van der Waals surface area contributed by atoms with Crippen molar-refractivity contribution in [2.45, 2.75) is 13.2 Å². The average molecular weight is 167 g/mol. The first-order valence-corrected chi connectivity index (χ1v) is 3.71. The molecule has 1 atom stereocenters. The number of aliphatic hydroxyl groups is 1. The number of aryl methyl sites for hydroxylation is 1. The fraction of sp³-hybridized carbons (Fsp3) is 0.429. The topological polar surface area (TPSA) is 67.2 Å². The smallest absolute Gasteiger partial charge is 0.269 e. The lowest BCUT2D eigenvalue weighted by Crippen LogP contribution is -2.39. The molecule has 1 aliphatic heterocycles. The van der Waals surface area contributed by atoms with E-state index in [2.05, 4.69) is 10.4 Å². The van der Waals surface area contributed by atoms with Crippen LogP contribution in [0.15, 0.2) is 6.07 Å². The van der Waals surface area contributed by atoms with Gasteiger partial charge in [0.1, 0.15) is 5.69 Å². The molecule has 0 saturated carbocycles. The second-order valence-electron chi connectivity index (χ2n) is 2.81. The molecule has 0 aliphatic carbocycles. The third kappa shape index (κ3) is 0.902. The predicted molar refractivity (Wildman–Crippen MR) is 40.6 cm³/mol. The molecule has 0 fully saturated rings. The monoisotopic (exact) mass is 167 g/mol. The van der Waals surface area contributed by atoms with Crippen molar-refractivity contribution in [3.63, 3.8) is 0 Å². The number of hydrogen-bond acceptors (Lipinski definition) is 3. The largest absolute Gasteiger partial charge is 0.370 e. The number of nitrogens with zero attached hydrogens (tertiary/aromatic N) is 2. The lowest BCUT2D eigenvalue weighted by Gasteiger charge is -2.19. The van der Waals surface area contributed by atoms with Crippen molar-refractivity contribution in [2.75, 3.05) is 6.54 Å². The second kappa shape index (κ2) is 2.31. The van der Waals surface area contributed by atoms with Crippen LogP contribution < -0.4 is 5.32 Å². The molecule has 1 aromatic rings. The summed E-state index contributed by atoms with van der Waals surface area (Å²) in [5.41, 5.74) is 1.16. The molecule has 64 valence electrons. The Morgan fingerprint density at radius 2 is 2.58 bits per heavy atom. The van der Waals surface area contributed by atoms with E-state index in [1.807, 2.05) is 0 Å². The van der Waals surface area contributed by atoms with Gasteiger partial charge in [0.25, 0.3) is 5.91 Å². The molecule has 5 nitrogen and oxygen atoms in total. The highest BCUT2D eigenvalue weighted by atomic mass is 16.3. The van der Waals surface area contributed by atoms with Crippen LogP contribution in [0.3, 0.4) is 0 Å². The van der Waals surface area contributed by atoms with Crippen molar-refractivity contribution in [3.8, 4) is 0 Å². The lowest BCUT2D eigenvalue weighted by atomic mass is 10.3. The summed E-state index contributed by atoms with van der Waals surface area (Å²) >= 11 is 0. The zero-order valence-electron chi connectivity index (χ0n) is 6.61. The van der Waals surface area contributed by atoms with Crippen LogP contribution >= 0.6 is 0 Å². The molecule has 1 aromatic heterocycles. The Morgan fingerprint density at radius 3 is 3.25 bits per heavy atom. The van der Waals surface area contributed by atoms with E-state index in [0.717, 1.165) is 5.69 Å². The first kappa shape index (κ1) is 7.30. The Morgan fingerprint density at radius 1 is 1.83 bits per heavy atom. The Labute approximate surface area is 69.0 Å². The van der Waals surface area contributed by atoms with Gasteiger partial charge in [0.15, 0.2) is 6.23 Å². The molecular formula is C7H9N3O2. The molecule has 0 bridgehead atoms. The van der Waals surface area contributed by atoms with Gasteiger partial charge in [-0.15, -0.1) is 0 Å².